The fourth-order valence-corrected chi connectivity index (χ4v) is 2.08. The van der Waals surface area contributed by atoms with Crippen LogP contribution in [0.1, 0.15) is 30.0 Å². The van der Waals surface area contributed by atoms with E-state index in [1.54, 1.807) is 43.5 Å². The Hall–Kier alpha value is -3.04. The Bertz CT molecular complexity index is 855. The van der Waals surface area contributed by atoms with Crippen molar-refractivity contribution in [3.05, 3.63) is 76.9 Å². The van der Waals surface area contributed by atoms with Crippen molar-refractivity contribution < 1.29 is 13.5 Å². The summed E-state index contributed by atoms with van der Waals surface area (Å²) in [6, 6.07) is 14.2. The molecule has 0 radical (unpaired) electrons. The van der Waals surface area contributed by atoms with Gasteiger partial charge < -0.3 is 4.74 Å². The van der Waals surface area contributed by atoms with Crippen LogP contribution >= 0.6 is 0 Å². The molecular formula is C22H18F2O. The van der Waals surface area contributed by atoms with E-state index >= 15 is 0 Å². The van der Waals surface area contributed by atoms with Crippen molar-refractivity contribution in [2.75, 3.05) is 7.11 Å². The Kier molecular flexibility index (Phi) is 6.81. The molecule has 2 aromatic carbocycles. The molecule has 0 atom stereocenters. The summed E-state index contributed by atoms with van der Waals surface area (Å²) in [5.41, 5.74) is 2.38. The van der Waals surface area contributed by atoms with Gasteiger partial charge in [-0.15, -0.1) is 0 Å². The fraction of sp³-hybridized carbons (Fsp3) is 0.182. The first-order valence-electron chi connectivity index (χ1n) is 7.94. The van der Waals surface area contributed by atoms with Gasteiger partial charge in [-0.3, -0.25) is 0 Å². The van der Waals surface area contributed by atoms with Crippen LogP contribution in [-0.4, -0.2) is 7.11 Å². The number of hydrogen-bond acceptors (Lipinski definition) is 1. The second-order valence-electron chi connectivity index (χ2n) is 5.30. The van der Waals surface area contributed by atoms with Crippen molar-refractivity contribution in [1.29, 1.82) is 0 Å². The lowest BCUT2D eigenvalue weighted by Crippen LogP contribution is -1.83. The van der Waals surface area contributed by atoms with Crippen molar-refractivity contribution in [2.24, 2.45) is 0 Å². The number of benzene rings is 2. The van der Waals surface area contributed by atoms with Gasteiger partial charge in [0, 0.05) is 11.1 Å². The molecule has 2 aromatic rings. The number of ether oxygens (including phenoxy) is 1. The Morgan fingerprint density at radius 1 is 0.840 bits per heavy atom. The van der Waals surface area contributed by atoms with Crippen molar-refractivity contribution in [1.82, 2.24) is 0 Å². The van der Waals surface area contributed by atoms with E-state index in [9.17, 15) is 8.78 Å². The van der Waals surface area contributed by atoms with Crippen molar-refractivity contribution in [3.8, 4) is 29.4 Å². The molecule has 2 rings (SSSR count). The third-order valence-corrected chi connectivity index (χ3v) is 3.41. The number of aryl methyl sites for hydroxylation is 1. The zero-order valence-electron chi connectivity index (χ0n) is 14.2. The summed E-state index contributed by atoms with van der Waals surface area (Å²) < 4.78 is 32.4. The standard InChI is InChI=1S/C22H18F2O/c1-3-4-17-5-7-18(8-6-17)11-15-21(23)22(24)16-12-19-9-13-20(25-2)14-10-19/h5-10,13-14H,3-4H2,1-2H3. The summed E-state index contributed by atoms with van der Waals surface area (Å²) in [4.78, 5) is 0. The number of rotatable bonds is 3. The molecule has 25 heavy (non-hydrogen) atoms. The first kappa shape index (κ1) is 18.3. The molecular weight excluding hydrogens is 318 g/mol. The molecule has 0 spiro atoms. The van der Waals surface area contributed by atoms with Gasteiger partial charge in [-0.1, -0.05) is 37.3 Å². The summed E-state index contributed by atoms with van der Waals surface area (Å²) >= 11 is 0. The highest BCUT2D eigenvalue weighted by molar-refractivity contribution is 5.46. The summed E-state index contributed by atoms with van der Waals surface area (Å²) in [5, 5.41) is 0. The van der Waals surface area contributed by atoms with Gasteiger partial charge in [-0.2, -0.15) is 8.78 Å². The molecule has 0 heterocycles. The van der Waals surface area contributed by atoms with Crippen LogP contribution in [0.3, 0.4) is 0 Å². The maximum atomic E-state index is 13.7. The minimum Gasteiger partial charge on any atom is -0.497 e. The van der Waals surface area contributed by atoms with E-state index in [4.69, 9.17) is 4.74 Å². The van der Waals surface area contributed by atoms with Crippen LogP contribution in [-0.2, 0) is 6.42 Å². The Morgan fingerprint density at radius 2 is 1.32 bits per heavy atom. The highest BCUT2D eigenvalue weighted by atomic mass is 19.2. The molecule has 0 aliphatic carbocycles. The van der Waals surface area contributed by atoms with Gasteiger partial charge in [-0.05, 0) is 60.2 Å². The molecule has 0 saturated heterocycles. The largest absolute Gasteiger partial charge is 0.497 e. The zero-order valence-corrected chi connectivity index (χ0v) is 14.2. The van der Waals surface area contributed by atoms with E-state index in [0.717, 1.165) is 12.8 Å². The molecule has 0 saturated carbocycles. The van der Waals surface area contributed by atoms with Crippen molar-refractivity contribution in [2.45, 2.75) is 19.8 Å². The summed E-state index contributed by atoms with van der Waals surface area (Å²) in [7, 11) is 1.55. The molecule has 0 amide bonds. The van der Waals surface area contributed by atoms with Crippen molar-refractivity contribution >= 4 is 0 Å². The van der Waals surface area contributed by atoms with Crippen LogP contribution in [0.25, 0.3) is 0 Å². The second kappa shape index (κ2) is 9.30. The molecule has 0 unspecified atom stereocenters. The average molecular weight is 336 g/mol. The molecule has 0 aromatic heterocycles. The fourth-order valence-electron chi connectivity index (χ4n) is 2.08. The van der Waals surface area contributed by atoms with Gasteiger partial charge >= 0.3 is 0 Å². The monoisotopic (exact) mass is 336 g/mol. The Balaban J connectivity index is 2.10. The molecule has 0 aliphatic rings. The number of allylic oxidation sites excluding steroid dienone is 2. The highest BCUT2D eigenvalue weighted by Crippen LogP contribution is 2.12. The lowest BCUT2D eigenvalue weighted by atomic mass is 10.1. The minimum absolute atomic E-state index is 0.559. The molecule has 3 heteroatoms. The first-order valence-corrected chi connectivity index (χ1v) is 7.94. The van der Waals surface area contributed by atoms with E-state index in [1.165, 1.54) is 5.56 Å². The predicted octanol–water partition coefficient (Wildman–Crippen LogP) is 5.20. The van der Waals surface area contributed by atoms with Gasteiger partial charge in [0.2, 0.25) is 11.7 Å². The van der Waals surface area contributed by atoms with E-state index in [2.05, 4.69) is 30.6 Å². The van der Waals surface area contributed by atoms with Crippen LogP contribution in [0.4, 0.5) is 8.78 Å². The number of methoxy groups -OCH3 is 1. The minimum atomic E-state index is -1.18. The molecule has 0 aliphatic heterocycles. The van der Waals surface area contributed by atoms with Gasteiger partial charge in [0.15, 0.2) is 0 Å². The lowest BCUT2D eigenvalue weighted by molar-refractivity contribution is 0.415. The highest BCUT2D eigenvalue weighted by Gasteiger charge is 1.99. The quantitative estimate of drug-likeness (QED) is 0.700. The van der Waals surface area contributed by atoms with Gasteiger partial charge in [0.05, 0.1) is 7.11 Å². The van der Waals surface area contributed by atoms with Gasteiger partial charge in [-0.25, -0.2) is 0 Å². The first-order chi connectivity index (χ1) is 12.1. The maximum Gasteiger partial charge on any atom is 0.217 e. The van der Waals surface area contributed by atoms with Crippen molar-refractivity contribution in [3.63, 3.8) is 0 Å². The van der Waals surface area contributed by atoms with Crippen LogP contribution in [0.2, 0.25) is 0 Å². The Labute approximate surface area is 147 Å². The zero-order chi connectivity index (χ0) is 18.1. The average Bonchev–Trinajstić information content (AvgIpc) is 2.66. The van der Waals surface area contributed by atoms with Gasteiger partial charge in [0.25, 0.3) is 0 Å². The van der Waals surface area contributed by atoms with Gasteiger partial charge in [0.1, 0.15) is 5.75 Å². The molecule has 0 N–H and O–H groups in total. The SMILES string of the molecule is CCCc1ccc(C#CC(F)=C(F)C#Cc2ccc(OC)cc2)cc1. The van der Waals surface area contributed by atoms with E-state index in [0.29, 0.717) is 16.9 Å². The second-order valence-corrected chi connectivity index (χ2v) is 5.30. The molecule has 0 bridgehead atoms. The molecule has 0 fully saturated rings. The summed E-state index contributed by atoms with van der Waals surface area (Å²) in [5.74, 6) is 7.79. The Morgan fingerprint density at radius 3 is 1.76 bits per heavy atom. The normalized spacial score (nSPS) is 10.7. The summed E-state index contributed by atoms with van der Waals surface area (Å²) in [6.45, 7) is 2.10. The third-order valence-electron chi connectivity index (χ3n) is 3.41. The van der Waals surface area contributed by atoms with Crippen LogP contribution in [0, 0.1) is 23.7 Å². The molecule has 126 valence electrons. The third kappa shape index (κ3) is 5.83. The van der Waals surface area contributed by atoms with E-state index in [-0.39, 0.29) is 0 Å². The number of hydrogen-bond donors (Lipinski definition) is 0. The topological polar surface area (TPSA) is 9.23 Å². The lowest BCUT2D eigenvalue weighted by Gasteiger charge is -1.97. The number of halogens is 2. The van der Waals surface area contributed by atoms with Crippen LogP contribution in [0.15, 0.2) is 60.2 Å². The van der Waals surface area contributed by atoms with E-state index in [1.807, 2.05) is 12.1 Å². The van der Waals surface area contributed by atoms with E-state index < -0.39 is 11.7 Å². The van der Waals surface area contributed by atoms with Crippen LogP contribution in [0.5, 0.6) is 5.75 Å². The maximum absolute atomic E-state index is 13.7. The predicted molar refractivity (Wildman–Crippen MR) is 96.4 cm³/mol. The summed E-state index contributed by atoms with van der Waals surface area (Å²) in [6.07, 6.45) is 2.04. The van der Waals surface area contributed by atoms with Crippen LogP contribution < -0.4 is 4.74 Å². The smallest absolute Gasteiger partial charge is 0.217 e. The molecule has 1 nitrogen and oxygen atoms in total.